The number of carbonyl (C=O) groups excluding carboxylic acids is 1. The zero-order valence-corrected chi connectivity index (χ0v) is 25.5. The number of quaternary nitrogens is 1. The van der Waals surface area contributed by atoms with Crippen molar-refractivity contribution in [2.24, 2.45) is 11.8 Å². The summed E-state index contributed by atoms with van der Waals surface area (Å²) in [5.74, 6) is 0.730. The van der Waals surface area contributed by atoms with Crippen LogP contribution in [0.3, 0.4) is 0 Å². The van der Waals surface area contributed by atoms with E-state index in [2.05, 4.69) is 59.4 Å². The van der Waals surface area contributed by atoms with Crippen molar-refractivity contribution in [1.29, 1.82) is 0 Å². The number of fused-ring (bicyclic) bond motifs is 4. The molecular weight excluding hydrogens is 554 g/mol. The molecule has 3 aliphatic heterocycles. The number of amides is 1. The molecule has 45 heavy (non-hydrogen) atoms. The molecule has 1 amide bonds. The molecule has 3 saturated heterocycles. The second kappa shape index (κ2) is 12.1. The monoisotopic (exact) mass is 594 g/mol. The van der Waals surface area contributed by atoms with Crippen LogP contribution in [0.4, 0.5) is 0 Å². The minimum Gasteiger partial charge on any atom is -0.382 e. The highest BCUT2D eigenvalue weighted by molar-refractivity contribution is 5.82. The number of nitrogens with one attached hydrogen (secondary N) is 1. The van der Waals surface area contributed by atoms with Crippen LogP contribution >= 0.6 is 0 Å². The van der Waals surface area contributed by atoms with Crippen LogP contribution in [0.2, 0.25) is 0 Å². The number of piperidine rings is 3. The molecular formula is C40H40N3O2+. The average molecular weight is 595 g/mol. The molecule has 0 radical (unpaired) electrons. The summed E-state index contributed by atoms with van der Waals surface area (Å²) in [6.07, 6.45) is 5.01. The summed E-state index contributed by atoms with van der Waals surface area (Å²) in [5, 5.41) is 16.7. The van der Waals surface area contributed by atoms with Crippen LogP contribution in [0.25, 0.3) is 10.9 Å². The molecule has 2 bridgehead atoms. The van der Waals surface area contributed by atoms with Gasteiger partial charge in [0.05, 0.1) is 18.6 Å². The molecule has 3 fully saturated rings. The lowest BCUT2D eigenvalue weighted by molar-refractivity contribution is -0.966. The number of aliphatic hydroxyl groups is 1. The fourth-order valence-electron chi connectivity index (χ4n) is 8.28. The highest BCUT2D eigenvalue weighted by Crippen LogP contribution is 2.47. The number of aromatic nitrogens is 1. The van der Waals surface area contributed by atoms with Gasteiger partial charge in [0, 0.05) is 30.3 Å². The summed E-state index contributed by atoms with van der Waals surface area (Å²) >= 11 is 0. The number of nitrogens with zero attached hydrogens (tertiary/aromatic N) is 2. The largest absolute Gasteiger partial charge is 0.382 e. The molecule has 0 spiro atoms. The van der Waals surface area contributed by atoms with Crippen molar-refractivity contribution in [3.8, 4) is 0 Å². The van der Waals surface area contributed by atoms with E-state index in [4.69, 9.17) is 0 Å². The Morgan fingerprint density at radius 3 is 2.07 bits per heavy atom. The first-order chi connectivity index (χ1) is 22.0. The second-order valence-corrected chi connectivity index (χ2v) is 12.8. The third-order valence-corrected chi connectivity index (χ3v) is 10.4. The molecule has 226 valence electrons. The van der Waals surface area contributed by atoms with Crippen LogP contribution in [0, 0.1) is 11.8 Å². The first-order valence-electron chi connectivity index (χ1n) is 16.0. The van der Waals surface area contributed by atoms with E-state index >= 15 is 0 Å². The minimum atomic E-state index is -0.888. The Labute approximate surface area is 265 Å². The van der Waals surface area contributed by atoms with E-state index in [0.717, 1.165) is 59.1 Å². The van der Waals surface area contributed by atoms with Gasteiger partial charge in [0.25, 0.3) is 5.91 Å². The molecule has 4 heterocycles. The number of carbonyl (C=O) groups is 1. The Hall–Kier alpha value is -4.58. The van der Waals surface area contributed by atoms with Crippen molar-refractivity contribution in [2.75, 3.05) is 19.6 Å². The van der Waals surface area contributed by atoms with Crippen LogP contribution < -0.4 is 5.32 Å². The maximum Gasteiger partial charge on any atom is 0.276 e. The van der Waals surface area contributed by atoms with Crippen molar-refractivity contribution < 1.29 is 14.4 Å². The number of hydrogen-bond donors (Lipinski definition) is 2. The Kier molecular flexibility index (Phi) is 7.82. The Balaban J connectivity index is 1.29. The zero-order valence-electron chi connectivity index (χ0n) is 25.5. The minimum absolute atomic E-state index is 0.0356. The standard InChI is InChI=1S/C40H39N3O2/c1-2-29-27-43(25-23-30(29)26-37(43)39(45)35-22-24-41-36-21-13-12-20-34(35)36)28-38(44)42-40(31-14-6-3-7-15-31,32-16-8-4-9-17-32)33-18-10-5-11-19-33/h2-22,24,29-30,37,39,45H,1,23,25-28H2/p+1/t29-,30-,37+,39-,43-/m0/s1. The van der Waals surface area contributed by atoms with Gasteiger partial charge in [-0.05, 0) is 40.3 Å². The quantitative estimate of drug-likeness (QED) is 0.112. The maximum absolute atomic E-state index is 14.7. The number of rotatable bonds is 9. The van der Waals surface area contributed by atoms with E-state index in [1.54, 1.807) is 6.20 Å². The third-order valence-electron chi connectivity index (χ3n) is 10.4. The second-order valence-electron chi connectivity index (χ2n) is 12.8. The van der Waals surface area contributed by atoms with Crippen LogP contribution in [0.5, 0.6) is 0 Å². The van der Waals surface area contributed by atoms with E-state index in [-0.39, 0.29) is 18.5 Å². The van der Waals surface area contributed by atoms with Crippen molar-refractivity contribution in [2.45, 2.75) is 30.5 Å². The molecule has 8 rings (SSSR count). The lowest BCUT2D eigenvalue weighted by atomic mass is 9.71. The summed E-state index contributed by atoms with van der Waals surface area (Å²) in [4.78, 5) is 19.2. The summed E-state index contributed by atoms with van der Waals surface area (Å²) in [5.41, 5.74) is 3.86. The van der Waals surface area contributed by atoms with E-state index in [1.807, 2.05) is 84.9 Å². The molecule has 0 aliphatic carbocycles. The Morgan fingerprint density at radius 2 is 1.47 bits per heavy atom. The van der Waals surface area contributed by atoms with Gasteiger partial charge in [0.1, 0.15) is 17.7 Å². The molecule has 4 aromatic carbocycles. The third kappa shape index (κ3) is 5.16. The zero-order chi connectivity index (χ0) is 30.9. The van der Waals surface area contributed by atoms with Gasteiger partial charge >= 0.3 is 0 Å². The van der Waals surface area contributed by atoms with Gasteiger partial charge in [-0.25, -0.2) is 0 Å². The fraction of sp³-hybridized carbons (Fsp3) is 0.250. The van der Waals surface area contributed by atoms with Gasteiger partial charge in [-0.1, -0.05) is 115 Å². The number of benzene rings is 4. The first kappa shape index (κ1) is 29.1. The van der Waals surface area contributed by atoms with Crippen molar-refractivity contribution in [3.05, 3.63) is 162 Å². The molecule has 0 saturated carbocycles. The topological polar surface area (TPSA) is 62.2 Å². The number of para-hydroxylation sites is 1. The average Bonchev–Trinajstić information content (AvgIpc) is 3.11. The van der Waals surface area contributed by atoms with Crippen LogP contribution in [0.1, 0.15) is 41.2 Å². The van der Waals surface area contributed by atoms with Crippen LogP contribution in [-0.4, -0.2) is 46.2 Å². The lowest BCUT2D eigenvalue weighted by Gasteiger charge is -2.57. The van der Waals surface area contributed by atoms with Gasteiger partial charge in [0.15, 0.2) is 6.54 Å². The highest BCUT2D eigenvalue weighted by atomic mass is 16.3. The van der Waals surface area contributed by atoms with Gasteiger partial charge in [-0.3, -0.25) is 9.78 Å². The molecule has 5 heteroatoms. The molecule has 0 unspecified atom stereocenters. The van der Waals surface area contributed by atoms with E-state index in [9.17, 15) is 9.90 Å². The van der Waals surface area contributed by atoms with E-state index < -0.39 is 11.6 Å². The van der Waals surface area contributed by atoms with Crippen LogP contribution in [-0.2, 0) is 10.3 Å². The highest BCUT2D eigenvalue weighted by Gasteiger charge is 2.55. The molecule has 5 nitrogen and oxygen atoms in total. The van der Waals surface area contributed by atoms with Gasteiger partial charge in [-0.2, -0.15) is 0 Å². The number of aliphatic hydroxyl groups excluding tert-OH is 1. The Morgan fingerprint density at radius 1 is 0.889 bits per heavy atom. The van der Waals surface area contributed by atoms with Gasteiger partial charge < -0.3 is 14.9 Å². The van der Waals surface area contributed by atoms with Crippen molar-refractivity contribution in [1.82, 2.24) is 10.3 Å². The molecule has 1 aromatic heterocycles. The van der Waals surface area contributed by atoms with Crippen molar-refractivity contribution in [3.63, 3.8) is 0 Å². The normalized spacial score (nSPS) is 23.4. The lowest BCUT2D eigenvalue weighted by Crippen LogP contribution is -2.70. The first-order valence-corrected chi connectivity index (χ1v) is 16.0. The smallest absolute Gasteiger partial charge is 0.276 e. The van der Waals surface area contributed by atoms with Crippen LogP contribution in [0.15, 0.2) is 140 Å². The fourth-order valence-corrected chi connectivity index (χ4v) is 8.28. The predicted molar refractivity (Wildman–Crippen MR) is 179 cm³/mol. The molecule has 5 atom stereocenters. The predicted octanol–water partition coefficient (Wildman–Crippen LogP) is 6.79. The van der Waals surface area contributed by atoms with Gasteiger partial charge in [-0.15, -0.1) is 6.58 Å². The molecule has 5 aromatic rings. The summed E-state index contributed by atoms with van der Waals surface area (Å²) in [6, 6.07) is 40.6. The number of hydrogen-bond acceptors (Lipinski definition) is 3. The molecule has 2 N–H and O–H groups in total. The summed E-state index contributed by atoms with van der Waals surface area (Å²) in [6.45, 7) is 6.10. The van der Waals surface area contributed by atoms with Gasteiger partial charge in [0.2, 0.25) is 0 Å². The molecule has 3 aliphatic rings. The Bertz CT molecular complexity index is 1690. The number of pyridine rings is 1. The maximum atomic E-state index is 14.7. The summed E-state index contributed by atoms with van der Waals surface area (Å²) < 4.78 is 0.533. The van der Waals surface area contributed by atoms with E-state index in [0.29, 0.717) is 16.3 Å². The SMILES string of the molecule is C=C[C@H]1C[N@+]2(CC(=O)NC(c3ccccc3)(c3ccccc3)c3ccccc3)CC[C@H]1C[C@@H]2[C@@H](O)c1ccnc2ccccc12. The summed E-state index contributed by atoms with van der Waals surface area (Å²) in [7, 11) is 0. The van der Waals surface area contributed by atoms with Crippen molar-refractivity contribution >= 4 is 16.8 Å². The van der Waals surface area contributed by atoms with E-state index in [1.165, 1.54) is 0 Å².